The summed E-state index contributed by atoms with van der Waals surface area (Å²) >= 11 is 0. The molecule has 5 N–H and O–H groups in total. The summed E-state index contributed by atoms with van der Waals surface area (Å²) in [6, 6.07) is 10.1. The van der Waals surface area contributed by atoms with Crippen LogP contribution in [0.5, 0.6) is 0 Å². The lowest BCUT2D eigenvalue weighted by atomic mass is 9.97. The number of hydrogen-bond donors (Lipinski definition) is 4. The number of primary amides is 1. The topological polar surface area (TPSA) is 151 Å². The number of rotatable bonds is 12. The molecule has 0 radical (unpaired) electrons. The molecule has 5 rings (SSSR count). The van der Waals surface area contributed by atoms with E-state index in [4.69, 9.17) is 15.9 Å². The number of anilines is 2. The van der Waals surface area contributed by atoms with Crippen molar-refractivity contribution in [1.82, 2.24) is 25.4 Å². The highest BCUT2D eigenvalue weighted by atomic mass is 16.5. The minimum atomic E-state index is -0.480. The zero-order chi connectivity index (χ0) is 33.0. The minimum Gasteiger partial charge on any atom is -0.366 e. The molecular weight excluding hydrogens is 584 g/mol. The maximum atomic E-state index is 12.9. The predicted octanol–water partition coefficient (Wildman–Crippen LogP) is 3.49. The Labute approximate surface area is 270 Å². The Morgan fingerprint density at radius 2 is 1.80 bits per heavy atom. The van der Waals surface area contributed by atoms with Gasteiger partial charge in [0.15, 0.2) is 0 Å². The number of H-pyrrole nitrogens is 1. The highest BCUT2D eigenvalue weighted by Gasteiger charge is 2.33. The summed E-state index contributed by atoms with van der Waals surface area (Å²) in [7, 11) is 0. The average molecular weight is 631 g/mol. The molecule has 46 heavy (non-hydrogen) atoms. The van der Waals surface area contributed by atoms with Gasteiger partial charge in [0.25, 0.3) is 5.56 Å². The van der Waals surface area contributed by atoms with E-state index in [-0.39, 0.29) is 17.5 Å². The van der Waals surface area contributed by atoms with Crippen molar-refractivity contribution in [1.29, 1.82) is 0 Å². The quantitative estimate of drug-likeness (QED) is 0.134. The number of hydroxylamine groups is 1. The van der Waals surface area contributed by atoms with Gasteiger partial charge in [-0.2, -0.15) is 0 Å². The number of hydrazine groups is 1. The Morgan fingerprint density at radius 3 is 2.43 bits per heavy atom. The van der Waals surface area contributed by atoms with Gasteiger partial charge in [-0.05, 0) is 88.5 Å². The number of nitrogens with two attached hydrogens (primary N) is 1. The molecule has 1 saturated heterocycles. The number of carbonyl (C=O) groups is 2. The van der Waals surface area contributed by atoms with E-state index in [0.717, 1.165) is 91.4 Å². The Hall–Kier alpha value is -4.26. The van der Waals surface area contributed by atoms with E-state index in [1.54, 1.807) is 5.48 Å². The Morgan fingerprint density at radius 1 is 1.04 bits per heavy atom. The van der Waals surface area contributed by atoms with Gasteiger partial charge in [0.1, 0.15) is 5.82 Å². The molecule has 0 saturated carbocycles. The zero-order valence-electron chi connectivity index (χ0n) is 27.3. The number of aryl methyl sites for hydroxylation is 2. The summed E-state index contributed by atoms with van der Waals surface area (Å²) in [5.74, 6) is 0.109. The molecule has 0 spiro atoms. The van der Waals surface area contributed by atoms with Gasteiger partial charge in [-0.25, -0.2) is 15.5 Å². The van der Waals surface area contributed by atoms with Gasteiger partial charge < -0.3 is 20.6 Å². The summed E-state index contributed by atoms with van der Waals surface area (Å²) in [6.45, 7) is 13.6. The first-order valence-corrected chi connectivity index (χ1v) is 16.1. The summed E-state index contributed by atoms with van der Waals surface area (Å²) < 4.78 is 0. The number of nitrogens with zero attached hydrogens (tertiary/aromatic N) is 5. The molecule has 1 aromatic carbocycles. The van der Waals surface area contributed by atoms with Crippen LogP contribution in [0.1, 0.15) is 72.3 Å². The molecule has 246 valence electrons. The lowest BCUT2D eigenvalue weighted by Crippen LogP contribution is -2.46. The van der Waals surface area contributed by atoms with Crippen molar-refractivity contribution in [3.8, 4) is 11.1 Å². The fraction of sp³-hybridized carbons (Fsp3) is 0.471. The molecule has 2 aromatic heterocycles. The standard InChI is InChI=1S/C34H46N8O4/c1-22(2)42-30-18-26(17-27(33(35)44)29(30)21-41(42)20-28-23(3)16-24(4)37-34(28)45)25-9-10-31(36-19-25)40-14-12-39(13-15-40)11-7-5-6-8-32(43)38-46/h9-10,16-19,22,46H,5-8,11-15,20-21H2,1-4H3,(H2,35,44)(H,37,45)(H,38,43). The van der Waals surface area contributed by atoms with Crippen molar-refractivity contribution < 1.29 is 14.8 Å². The second kappa shape index (κ2) is 14.4. The van der Waals surface area contributed by atoms with E-state index in [1.165, 1.54) is 0 Å². The van der Waals surface area contributed by atoms with Crippen LogP contribution in [-0.2, 0) is 17.9 Å². The second-order valence-electron chi connectivity index (χ2n) is 12.7. The van der Waals surface area contributed by atoms with Gasteiger partial charge in [0, 0.05) is 85.9 Å². The molecule has 0 atom stereocenters. The Bertz CT molecular complexity index is 1610. The number of aromatic nitrogens is 2. The summed E-state index contributed by atoms with van der Waals surface area (Å²) in [4.78, 5) is 49.2. The number of piperazine rings is 1. The highest BCUT2D eigenvalue weighted by Crippen LogP contribution is 2.40. The molecule has 0 bridgehead atoms. The van der Waals surface area contributed by atoms with Crippen LogP contribution in [0.15, 0.2) is 41.3 Å². The molecule has 1 fully saturated rings. The van der Waals surface area contributed by atoms with Crippen LogP contribution in [0.4, 0.5) is 11.5 Å². The molecular formula is C34H46N8O4. The minimum absolute atomic E-state index is 0.0778. The summed E-state index contributed by atoms with van der Waals surface area (Å²) in [5.41, 5.74) is 14.0. The SMILES string of the molecule is Cc1cc(C)c(CN2Cc3c(C(N)=O)cc(-c4ccc(N5CCN(CCCCCC(=O)NO)CC5)nc4)cc3N2C(C)C)c(=O)[nH]1. The van der Waals surface area contributed by atoms with Crippen LogP contribution in [-0.4, -0.2) is 75.7 Å². The normalized spacial score (nSPS) is 15.4. The van der Waals surface area contributed by atoms with E-state index in [0.29, 0.717) is 30.6 Å². The number of aromatic amines is 1. The fourth-order valence-electron chi connectivity index (χ4n) is 6.62. The molecule has 0 unspecified atom stereocenters. The zero-order valence-corrected chi connectivity index (χ0v) is 27.3. The molecule has 2 amide bonds. The number of nitrogens with one attached hydrogen (secondary N) is 2. The molecule has 2 aliphatic rings. The van der Waals surface area contributed by atoms with E-state index in [1.807, 2.05) is 44.3 Å². The summed E-state index contributed by atoms with van der Waals surface area (Å²) in [6.07, 6.45) is 4.96. The first kappa shape index (κ1) is 33.1. The van der Waals surface area contributed by atoms with Gasteiger partial charge in [-0.3, -0.25) is 24.5 Å². The maximum Gasteiger partial charge on any atom is 0.252 e. The van der Waals surface area contributed by atoms with Crippen molar-refractivity contribution >= 4 is 23.3 Å². The first-order valence-electron chi connectivity index (χ1n) is 16.1. The van der Waals surface area contributed by atoms with Crippen LogP contribution in [0.2, 0.25) is 0 Å². The van der Waals surface area contributed by atoms with Crippen molar-refractivity contribution in [2.24, 2.45) is 5.73 Å². The van der Waals surface area contributed by atoms with Gasteiger partial charge in [0.05, 0.1) is 5.69 Å². The summed E-state index contributed by atoms with van der Waals surface area (Å²) in [5, 5.41) is 12.9. The monoisotopic (exact) mass is 630 g/mol. The van der Waals surface area contributed by atoms with Crippen LogP contribution >= 0.6 is 0 Å². The number of fused-ring (bicyclic) bond motifs is 1. The van der Waals surface area contributed by atoms with Crippen molar-refractivity contribution in [2.45, 2.75) is 72.5 Å². The number of hydrogen-bond acceptors (Lipinski definition) is 9. The van der Waals surface area contributed by atoms with Crippen molar-refractivity contribution in [3.63, 3.8) is 0 Å². The lowest BCUT2D eigenvalue weighted by Gasteiger charge is -2.35. The molecule has 0 aliphatic carbocycles. The molecule has 2 aliphatic heterocycles. The third kappa shape index (κ3) is 7.41. The van der Waals surface area contributed by atoms with Crippen LogP contribution in [0.25, 0.3) is 11.1 Å². The third-order valence-electron chi connectivity index (χ3n) is 8.99. The van der Waals surface area contributed by atoms with Gasteiger partial charge in [-0.15, -0.1) is 0 Å². The second-order valence-corrected chi connectivity index (χ2v) is 12.7. The molecule has 3 aromatic rings. The number of unbranched alkanes of at least 4 members (excludes halogenated alkanes) is 2. The van der Waals surface area contributed by atoms with E-state index in [2.05, 4.69) is 44.7 Å². The third-order valence-corrected chi connectivity index (χ3v) is 8.99. The average Bonchev–Trinajstić information content (AvgIpc) is 3.40. The number of pyridine rings is 2. The van der Waals surface area contributed by atoms with Crippen LogP contribution < -0.4 is 26.7 Å². The fourth-order valence-corrected chi connectivity index (χ4v) is 6.62. The van der Waals surface area contributed by atoms with Crippen molar-refractivity contribution in [2.75, 3.05) is 42.6 Å². The lowest BCUT2D eigenvalue weighted by molar-refractivity contribution is -0.129. The smallest absolute Gasteiger partial charge is 0.252 e. The largest absolute Gasteiger partial charge is 0.366 e. The van der Waals surface area contributed by atoms with E-state index in [9.17, 15) is 14.4 Å². The van der Waals surface area contributed by atoms with Gasteiger partial charge >= 0.3 is 0 Å². The van der Waals surface area contributed by atoms with Gasteiger partial charge in [0.2, 0.25) is 11.8 Å². The maximum absolute atomic E-state index is 12.9. The van der Waals surface area contributed by atoms with E-state index < -0.39 is 5.91 Å². The molecule has 12 nitrogen and oxygen atoms in total. The number of carbonyl (C=O) groups excluding carboxylic acids is 2. The van der Waals surface area contributed by atoms with E-state index >= 15 is 0 Å². The Balaban J connectivity index is 1.28. The highest BCUT2D eigenvalue weighted by molar-refractivity contribution is 5.98. The van der Waals surface area contributed by atoms with Crippen LogP contribution in [0, 0.1) is 13.8 Å². The predicted molar refractivity (Wildman–Crippen MR) is 179 cm³/mol. The van der Waals surface area contributed by atoms with Crippen molar-refractivity contribution in [3.05, 3.63) is 74.8 Å². The van der Waals surface area contributed by atoms with Gasteiger partial charge in [-0.1, -0.05) is 6.42 Å². The molecule has 12 heteroatoms. The van der Waals surface area contributed by atoms with Crippen LogP contribution in [0.3, 0.4) is 0 Å². The number of benzene rings is 1. The number of amides is 2. The Kier molecular flexibility index (Phi) is 10.4. The molecule has 4 heterocycles. The first-order chi connectivity index (χ1) is 22.0.